The van der Waals surface area contributed by atoms with Crippen molar-refractivity contribution in [3.63, 3.8) is 0 Å². The number of aromatic nitrogens is 3. The number of ether oxygens (including phenoxy) is 1. The lowest BCUT2D eigenvalue weighted by atomic mass is 9.85. The Morgan fingerprint density at radius 2 is 1.89 bits per heavy atom. The molecule has 2 aliphatic heterocycles. The lowest BCUT2D eigenvalue weighted by Crippen LogP contribution is -2.61. The summed E-state index contributed by atoms with van der Waals surface area (Å²) in [6.07, 6.45) is 3.06. The van der Waals surface area contributed by atoms with Crippen LogP contribution in [0.25, 0.3) is 0 Å². The van der Waals surface area contributed by atoms with Gasteiger partial charge in [0.05, 0.1) is 7.11 Å². The lowest BCUT2D eigenvalue weighted by molar-refractivity contribution is -0.146. The predicted octanol–water partition coefficient (Wildman–Crippen LogP) is 1.62. The molecule has 1 spiro atoms. The molecule has 2 aliphatic rings. The Morgan fingerprint density at radius 3 is 2.57 bits per heavy atom. The van der Waals surface area contributed by atoms with Crippen molar-refractivity contribution in [3.8, 4) is 6.01 Å². The maximum Gasteiger partial charge on any atom is 0.314 e. The highest BCUT2D eigenvalue weighted by atomic mass is 16.5. The van der Waals surface area contributed by atoms with E-state index in [1.54, 1.807) is 11.9 Å². The van der Waals surface area contributed by atoms with Gasteiger partial charge in [0.1, 0.15) is 5.54 Å². The highest BCUT2D eigenvalue weighted by molar-refractivity contribution is 5.98. The summed E-state index contributed by atoms with van der Waals surface area (Å²) in [5.41, 5.74) is 0.316. The molecule has 4 rings (SSSR count). The summed E-state index contributed by atoms with van der Waals surface area (Å²) < 4.78 is 6.55. The van der Waals surface area contributed by atoms with E-state index in [0.717, 1.165) is 18.4 Å². The predicted molar refractivity (Wildman–Crippen MR) is 102 cm³/mol. The third-order valence-electron chi connectivity index (χ3n) is 5.75. The Labute approximate surface area is 164 Å². The van der Waals surface area contributed by atoms with E-state index in [9.17, 15) is 9.59 Å². The van der Waals surface area contributed by atoms with Crippen molar-refractivity contribution >= 4 is 11.8 Å². The zero-order valence-electron chi connectivity index (χ0n) is 16.3. The molecule has 8 nitrogen and oxygen atoms in total. The van der Waals surface area contributed by atoms with Gasteiger partial charge in [-0.25, -0.2) is 4.68 Å². The third-order valence-corrected chi connectivity index (χ3v) is 5.75. The molecule has 8 heteroatoms. The van der Waals surface area contributed by atoms with Crippen molar-refractivity contribution in [2.24, 2.45) is 7.05 Å². The van der Waals surface area contributed by atoms with Crippen LogP contribution in [0.3, 0.4) is 0 Å². The van der Waals surface area contributed by atoms with Gasteiger partial charge in [-0.3, -0.25) is 9.59 Å². The van der Waals surface area contributed by atoms with Gasteiger partial charge in [-0.2, -0.15) is 4.98 Å². The average Bonchev–Trinajstić information content (AvgIpc) is 3.30. The highest BCUT2D eigenvalue weighted by Crippen LogP contribution is 2.39. The highest BCUT2D eigenvalue weighted by Gasteiger charge is 2.53. The van der Waals surface area contributed by atoms with Crippen molar-refractivity contribution in [1.29, 1.82) is 0 Å². The second-order valence-corrected chi connectivity index (χ2v) is 7.45. The summed E-state index contributed by atoms with van der Waals surface area (Å²) in [5, 5.41) is 4.18. The van der Waals surface area contributed by atoms with Crippen LogP contribution in [-0.4, -0.2) is 62.1 Å². The Kier molecular flexibility index (Phi) is 4.78. The minimum atomic E-state index is -0.781. The second kappa shape index (κ2) is 7.26. The van der Waals surface area contributed by atoms with Gasteiger partial charge >= 0.3 is 6.01 Å². The molecule has 1 unspecified atom stereocenters. The monoisotopic (exact) mass is 383 g/mol. The summed E-state index contributed by atoms with van der Waals surface area (Å²) in [6, 6.07) is 10.2. The molecule has 1 aromatic carbocycles. The molecule has 0 radical (unpaired) electrons. The van der Waals surface area contributed by atoms with Crippen molar-refractivity contribution in [2.75, 3.05) is 20.2 Å². The van der Waals surface area contributed by atoms with E-state index in [1.165, 1.54) is 11.8 Å². The Hall–Kier alpha value is -2.90. The van der Waals surface area contributed by atoms with E-state index < -0.39 is 5.54 Å². The van der Waals surface area contributed by atoms with Gasteiger partial charge < -0.3 is 14.5 Å². The van der Waals surface area contributed by atoms with Crippen LogP contribution >= 0.6 is 0 Å². The van der Waals surface area contributed by atoms with E-state index in [4.69, 9.17) is 4.74 Å². The zero-order chi connectivity index (χ0) is 19.7. The molecule has 1 aromatic heterocycles. The summed E-state index contributed by atoms with van der Waals surface area (Å²) >= 11 is 0. The summed E-state index contributed by atoms with van der Waals surface area (Å²) in [7, 11) is 3.16. The first-order valence-electron chi connectivity index (χ1n) is 9.65. The quantitative estimate of drug-likeness (QED) is 0.802. The first-order valence-corrected chi connectivity index (χ1v) is 9.65. The van der Waals surface area contributed by atoms with Crippen LogP contribution in [0.2, 0.25) is 0 Å². The number of amides is 2. The zero-order valence-corrected chi connectivity index (χ0v) is 16.3. The number of hydrogen-bond acceptors (Lipinski definition) is 5. The molecular weight excluding hydrogens is 358 g/mol. The van der Waals surface area contributed by atoms with Crippen LogP contribution in [0.4, 0.5) is 0 Å². The number of rotatable bonds is 4. The van der Waals surface area contributed by atoms with E-state index in [0.29, 0.717) is 32.5 Å². The van der Waals surface area contributed by atoms with E-state index in [1.807, 2.05) is 35.2 Å². The Morgan fingerprint density at radius 1 is 1.18 bits per heavy atom. The van der Waals surface area contributed by atoms with E-state index >= 15 is 0 Å². The number of likely N-dealkylation sites (tertiary alicyclic amines) is 2. The summed E-state index contributed by atoms with van der Waals surface area (Å²) in [5.74, 6) is -0.184. The van der Waals surface area contributed by atoms with Gasteiger partial charge in [-0.15, -0.1) is 5.10 Å². The fourth-order valence-electron chi connectivity index (χ4n) is 4.44. The van der Waals surface area contributed by atoms with Gasteiger partial charge in [0.25, 0.3) is 5.91 Å². The fraction of sp³-hybridized carbons (Fsp3) is 0.500. The number of hydrogen-bond donors (Lipinski definition) is 0. The van der Waals surface area contributed by atoms with Crippen molar-refractivity contribution in [3.05, 3.63) is 41.7 Å². The minimum absolute atomic E-state index is 0.0383. The number of benzene rings is 1. The fourth-order valence-corrected chi connectivity index (χ4v) is 4.44. The first kappa shape index (κ1) is 18.5. The van der Waals surface area contributed by atoms with Crippen LogP contribution in [0, 0.1) is 0 Å². The second-order valence-electron chi connectivity index (χ2n) is 7.45. The molecule has 1 atom stereocenters. The molecule has 0 bridgehead atoms. The van der Waals surface area contributed by atoms with Crippen molar-refractivity contribution < 1.29 is 14.3 Å². The van der Waals surface area contributed by atoms with Gasteiger partial charge in [-0.1, -0.05) is 30.3 Å². The molecule has 0 saturated carbocycles. The van der Waals surface area contributed by atoms with Gasteiger partial charge in [0, 0.05) is 26.7 Å². The minimum Gasteiger partial charge on any atom is -0.467 e. The molecule has 2 amide bonds. The van der Waals surface area contributed by atoms with Gasteiger partial charge in [0.15, 0.2) is 0 Å². The maximum atomic E-state index is 13.5. The molecule has 0 N–H and O–H groups in total. The van der Waals surface area contributed by atoms with Crippen LogP contribution in [0.15, 0.2) is 30.3 Å². The van der Waals surface area contributed by atoms with Crippen molar-refractivity contribution in [2.45, 2.75) is 37.8 Å². The third kappa shape index (κ3) is 3.02. The lowest BCUT2D eigenvalue weighted by Gasteiger charge is -2.44. The maximum absolute atomic E-state index is 13.5. The molecule has 28 heavy (non-hydrogen) atoms. The molecule has 2 fully saturated rings. The Bertz CT molecular complexity index is 881. The van der Waals surface area contributed by atoms with Crippen LogP contribution in [-0.2, 0) is 18.4 Å². The van der Waals surface area contributed by atoms with E-state index in [-0.39, 0.29) is 23.6 Å². The molecule has 2 aromatic rings. The van der Waals surface area contributed by atoms with Crippen LogP contribution in [0.5, 0.6) is 6.01 Å². The van der Waals surface area contributed by atoms with Crippen LogP contribution in [0.1, 0.15) is 41.9 Å². The average molecular weight is 383 g/mol. The topological polar surface area (TPSA) is 80.6 Å². The van der Waals surface area contributed by atoms with E-state index in [2.05, 4.69) is 10.1 Å². The first-order chi connectivity index (χ1) is 13.5. The molecule has 0 aliphatic carbocycles. The van der Waals surface area contributed by atoms with Gasteiger partial charge in [-0.05, 0) is 31.2 Å². The SMILES string of the molecule is COc1nc(C(=O)N2CCCC23CCCN(Cc2ccccc2)C3=O)nn1C. The van der Waals surface area contributed by atoms with Gasteiger partial charge in [0.2, 0.25) is 11.7 Å². The Balaban J connectivity index is 1.59. The van der Waals surface area contributed by atoms with Crippen molar-refractivity contribution in [1.82, 2.24) is 24.6 Å². The molecule has 148 valence electrons. The standard InChI is InChI=1S/C20H25N5O3/c1-23-19(28-2)21-16(22-23)17(26)25-13-7-11-20(25)10-6-12-24(18(20)27)14-15-8-4-3-5-9-15/h3-5,8-9H,6-7,10-14H2,1-2H3. The molecular formula is C20H25N5O3. The normalized spacial score (nSPS) is 22.1. The number of nitrogens with zero attached hydrogens (tertiary/aromatic N) is 5. The molecule has 2 saturated heterocycles. The molecule has 3 heterocycles. The largest absolute Gasteiger partial charge is 0.467 e. The summed E-state index contributed by atoms with van der Waals surface area (Å²) in [4.78, 5) is 34.4. The summed E-state index contributed by atoms with van der Waals surface area (Å²) in [6.45, 7) is 1.83. The number of carbonyl (C=O) groups is 2. The smallest absolute Gasteiger partial charge is 0.314 e. The number of piperidine rings is 1. The number of methoxy groups -OCH3 is 1. The van der Waals surface area contributed by atoms with Crippen LogP contribution < -0.4 is 4.74 Å². The number of carbonyl (C=O) groups excluding carboxylic acids is 2. The number of aryl methyl sites for hydroxylation is 1.